The summed E-state index contributed by atoms with van der Waals surface area (Å²) in [6.07, 6.45) is 1.93. The van der Waals surface area contributed by atoms with E-state index >= 15 is 0 Å². The Kier molecular flexibility index (Phi) is 3.18. The lowest BCUT2D eigenvalue weighted by Gasteiger charge is -2.40. The van der Waals surface area contributed by atoms with E-state index in [4.69, 9.17) is 23.2 Å². The first kappa shape index (κ1) is 13.7. The van der Waals surface area contributed by atoms with E-state index in [-0.39, 0.29) is 24.3 Å². The second kappa shape index (κ2) is 4.64. The zero-order valence-corrected chi connectivity index (χ0v) is 12.5. The maximum Gasteiger partial charge on any atom is 0.253 e. The first-order valence-corrected chi connectivity index (χ1v) is 7.25. The van der Waals surface area contributed by atoms with Gasteiger partial charge in [-0.2, -0.15) is 0 Å². The van der Waals surface area contributed by atoms with Crippen molar-refractivity contribution in [3.05, 3.63) is 28.2 Å². The fourth-order valence-electron chi connectivity index (χ4n) is 2.71. The van der Waals surface area contributed by atoms with E-state index in [0.29, 0.717) is 15.7 Å². The number of halogens is 2. The fraction of sp³-hybridized carbons (Fsp3) is 0.429. The maximum atomic E-state index is 12.7. The lowest BCUT2D eigenvalue weighted by molar-refractivity contribution is -0.136. The zero-order chi connectivity index (χ0) is 14.5. The average molecular weight is 313 g/mol. The average Bonchev–Trinajstić information content (AvgIpc) is 3.18. The summed E-state index contributed by atoms with van der Waals surface area (Å²) in [5.74, 6) is -0.0540. The van der Waals surface area contributed by atoms with Gasteiger partial charge in [-0.15, -0.1) is 0 Å². The minimum atomic E-state index is -0.821. The van der Waals surface area contributed by atoms with Crippen LogP contribution in [0.15, 0.2) is 18.2 Å². The molecule has 4 nitrogen and oxygen atoms in total. The number of carbonyl (C=O) groups is 2. The number of piperazine rings is 1. The van der Waals surface area contributed by atoms with E-state index in [1.165, 1.54) is 4.90 Å². The first-order valence-electron chi connectivity index (χ1n) is 6.50. The van der Waals surface area contributed by atoms with Gasteiger partial charge in [0.15, 0.2) is 0 Å². The highest BCUT2D eigenvalue weighted by atomic mass is 35.5. The second-order valence-electron chi connectivity index (χ2n) is 5.51. The van der Waals surface area contributed by atoms with Crippen LogP contribution in [0.4, 0.5) is 5.69 Å². The summed E-state index contributed by atoms with van der Waals surface area (Å²) in [5, 5.41) is 3.71. The molecule has 0 spiro atoms. The normalized spacial score (nSPS) is 26.6. The van der Waals surface area contributed by atoms with Crippen LogP contribution in [0.5, 0.6) is 0 Å². The third kappa shape index (κ3) is 2.17. The summed E-state index contributed by atoms with van der Waals surface area (Å²) in [7, 11) is 0. The number of rotatable bonds is 2. The van der Waals surface area contributed by atoms with Crippen LogP contribution in [0, 0.1) is 5.92 Å². The van der Waals surface area contributed by atoms with E-state index < -0.39 is 5.54 Å². The summed E-state index contributed by atoms with van der Waals surface area (Å²) < 4.78 is 0. The number of amides is 2. The molecule has 2 fully saturated rings. The molecule has 6 heteroatoms. The van der Waals surface area contributed by atoms with Crippen LogP contribution < -0.4 is 10.2 Å². The number of hydrogen-bond donors (Lipinski definition) is 1. The first-order chi connectivity index (χ1) is 9.41. The van der Waals surface area contributed by atoms with Gasteiger partial charge in [0.1, 0.15) is 12.1 Å². The second-order valence-corrected chi connectivity index (χ2v) is 6.36. The van der Waals surface area contributed by atoms with Crippen LogP contribution in [0.3, 0.4) is 0 Å². The van der Waals surface area contributed by atoms with E-state index in [1.54, 1.807) is 25.1 Å². The van der Waals surface area contributed by atoms with Crippen molar-refractivity contribution in [3.8, 4) is 0 Å². The van der Waals surface area contributed by atoms with Crippen LogP contribution >= 0.6 is 23.2 Å². The molecule has 0 aromatic heterocycles. The molecule has 0 radical (unpaired) electrons. The molecule has 1 N–H and O–H groups in total. The molecule has 3 rings (SSSR count). The molecule has 1 atom stereocenters. The summed E-state index contributed by atoms with van der Waals surface area (Å²) in [6.45, 7) is 1.78. The van der Waals surface area contributed by atoms with Crippen LogP contribution in [0.2, 0.25) is 10.0 Å². The van der Waals surface area contributed by atoms with Crippen LogP contribution in [-0.4, -0.2) is 23.9 Å². The van der Waals surface area contributed by atoms with Gasteiger partial charge in [-0.05, 0) is 43.9 Å². The largest absolute Gasteiger partial charge is 0.340 e. The number of nitrogens with one attached hydrogen (secondary N) is 1. The smallest absolute Gasteiger partial charge is 0.253 e. The molecule has 1 aliphatic carbocycles. The Hall–Kier alpha value is -1.26. The highest BCUT2D eigenvalue weighted by Gasteiger charge is 2.53. The Labute approximate surface area is 127 Å². The molecular formula is C14H14Cl2N2O2. The van der Waals surface area contributed by atoms with Crippen molar-refractivity contribution in [1.82, 2.24) is 5.32 Å². The SMILES string of the molecule is CC1(C2CC2)NC(=O)CN(c2ccc(Cl)cc2Cl)C1=O. The monoisotopic (exact) mass is 312 g/mol. The maximum absolute atomic E-state index is 12.7. The fourth-order valence-corrected chi connectivity index (χ4v) is 3.22. The van der Waals surface area contributed by atoms with Gasteiger partial charge in [0, 0.05) is 5.02 Å². The summed E-state index contributed by atoms with van der Waals surface area (Å²) in [5.41, 5.74) is -0.291. The molecule has 0 bridgehead atoms. The van der Waals surface area contributed by atoms with Gasteiger partial charge in [-0.1, -0.05) is 23.2 Å². The lowest BCUT2D eigenvalue weighted by atomic mass is 9.91. The molecule has 1 unspecified atom stereocenters. The summed E-state index contributed by atoms with van der Waals surface area (Å²) in [4.78, 5) is 26.1. The number of anilines is 1. The standard InChI is InChI=1S/C14H14Cl2N2O2/c1-14(8-2-3-8)13(20)18(7-12(19)17-14)11-5-4-9(15)6-10(11)16/h4-6,8H,2-3,7H2,1H3,(H,17,19). The number of benzene rings is 1. The van der Waals surface area contributed by atoms with Gasteiger partial charge in [0.05, 0.1) is 10.7 Å². The zero-order valence-electron chi connectivity index (χ0n) is 11.0. The van der Waals surface area contributed by atoms with Crippen molar-refractivity contribution < 1.29 is 9.59 Å². The lowest BCUT2D eigenvalue weighted by Crippen LogP contribution is -2.66. The predicted molar refractivity (Wildman–Crippen MR) is 78.1 cm³/mol. The Morgan fingerprint density at radius 1 is 1.30 bits per heavy atom. The number of nitrogens with zero attached hydrogens (tertiary/aromatic N) is 1. The highest BCUT2D eigenvalue weighted by molar-refractivity contribution is 6.37. The molecule has 20 heavy (non-hydrogen) atoms. The van der Waals surface area contributed by atoms with Crippen molar-refractivity contribution in [2.24, 2.45) is 5.92 Å². The van der Waals surface area contributed by atoms with E-state index in [0.717, 1.165) is 12.8 Å². The van der Waals surface area contributed by atoms with Gasteiger partial charge < -0.3 is 5.32 Å². The van der Waals surface area contributed by atoms with E-state index in [9.17, 15) is 9.59 Å². The Balaban J connectivity index is 1.99. The Bertz CT molecular complexity index is 601. The minimum absolute atomic E-state index is 0.0114. The van der Waals surface area contributed by atoms with E-state index in [1.807, 2.05) is 0 Å². The van der Waals surface area contributed by atoms with Crippen LogP contribution in [-0.2, 0) is 9.59 Å². The van der Waals surface area contributed by atoms with E-state index in [2.05, 4.69) is 5.32 Å². The van der Waals surface area contributed by atoms with Crippen molar-refractivity contribution in [1.29, 1.82) is 0 Å². The Morgan fingerprint density at radius 3 is 2.60 bits per heavy atom. The van der Waals surface area contributed by atoms with Gasteiger partial charge in [0.2, 0.25) is 5.91 Å². The summed E-state index contributed by atoms with van der Waals surface area (Å²) in [6, 6.07) is 4.91. The topological polar surface area (TPSA) is 49.4 Å². The van der Waals surface area contributed by atoms with Gasteiger partial charge in [0.25, 0.3) is 5.91 Å². The number of hydrogen-bond acceptors (Lipinski definition) is 2. The molecule has 1 saturated carbocycles. The van der Waals surface area contributed by atoms with Crippen molar-refractivity contribution in [2.75, 3.05) is 11.4 Å². The van der Waals surface area contributed by atoms with Gasteiger partial charge >= 0.3 is 0 Å². The number of carbonyl (C=O) groups excluding carboxylic acids is 2. The van der Waals surface area contributed by atoms with Crippen molar-refractivity contribution >= 4 is 40.7 Å². The molecular weight excluding hydrogens is 299 g/mol. The molecule has 106 valence electrons. The molecule has 2 aliphatic rings. The third-order valence-electron chi connectivity index (χ3n) is 3.98. The summed E-state index contributed by atoms with van der Waals surface area (Å²) >= 11 is 12.0. The predicted octanol–water partition coefficient (Wildman–Crippen LogP) is 2.62. The molecule has 1 aliphatic heterocycles. The molecule has 1 aromatic carbocycles. The van der Waals surface area contributed by atoms with Crippen molar-refractivity contribution in [3.63, 3.8) is 0 Å². The van der Waals surface area contributed by atoms with Crippen molar-refractivity contribution in [2.45, 2.75) is 25.3 Å². The molecule has 1 heterocycles. The quantitative estimate of drug-likeness (QED) is 0.912. The molecule has 1 aromatic rings. The molecule has 2 amide bonds. The molecule has 1 saturated heterocycles. The van der Waals surface area contributed by atoms with Crippen LogP contribution in [0.1, 0.15) is 19.8 Å². The minimum Gasteiger partial charge on any atom is -0.340 e. The third-order valence-corrected chi connectivity index (χ3v) is 4.52. The van der Waals surface area contributed by atoms with Crippen LogP contribution in [0.25, 0.3) is 0 Å². The van der Waals surface area contributed by atoms with Gasteiger partial charge in [-0.25, -0.2) is 0 Å². The Morgan fingerprint density at radius 2 is 2.00 bits per heavy atom. The highest BCUT2D eigenvalue weighted by Crippen LogP contribution is 2.43. The van der Waals surface area contributed by atoms with Gasteiger partial charge in [-0.3, -0.25) is 14.5 Å².